The van der Waals surface area contributed by atoms with Gasteiger partial charge in [0.25, 0.3) is 5.69 Å². The summed E-state index contributed by atoms with van der Waals surface area (Å²) in [6.45, 7) is 2.81. The van der Waals surface area contributed by atoms with Crippen LogP contribution in [0.25, 0.3) is 0 Å². The Labute approximate surface area is 106 Å². The Hall–Kier alpha value is -2.09. The molecule has 5 nitrogen and oxygen atoms in total. The lowest BCUT2D eigenvalue weighted by Crippen LogP contribution is -2.41. The van der Waals surface area contributed by atoms with Crippen molar-refractivity contribution in [1.82, 2.24) is 0 Å². The Morgan fingerprint density at radius 1 is 1.50 bits per heavy atom. The summed E-state index contributed by atoms with van der Waals surface area (Å²) in [4.78, 5) is 12.5. The van der Waals surface area contributed by atoms with Crippen molar-refractivity contribution >= 4 is 11.4 Å². The van der Waals surface area contributed by atoms with Gasteiger partial charge in [0.2, 0.25) is 0 Å². The summed E-state index contributed by atoms with van der Waals surface area (Å²) in [5, 5.41) is 20.2. The predicted octanol–water partition coefficient (Wildman–Crippen LogP) is 2.72. The summed E-state index contributed by atoms with van der Waals surface area (Å²) in [6, 6.07) is 8.61. The van der Waals surface area contributed by atoms with Crippen LogP contribution in [0.3, 0.4) is 0 Å². The molecule has 0 aromatic heterocycles. The molecule has 1 fully saturated rings. The van der Waals surface area contributed by atoms with Crippen LogP contribution in [0, 0.1) is 27.4 Å². The van der Waals surface area contributed by atoms with Gasteiger partial charge in [0, 0.05) is 12.6 Å². The molecule has 0 radical (unpaired) electrons. The minimum atomic E-state index is -0.387. The smallest absolute Gasteiger partial charge is 0.292 e. The first-order valence-electron chi connectivity index (χ1n) is 6.03. The summed E-state index contributed by atoms with van der Waals surface area (Å²) < 4.78 is 0. The van der Waals surface area contributed by atoms with E-state index in [2.05, 4.69) is 13.0 Å². The van der Waals surface area contributed by atoms with Crippen LogP contribution in [0.1, 0.15) is 19.8 Å². The summed E-state index contributed by atoms with van der Waals surface area (Å²) in [7, 11) is 0. The Morgan fingerprint density at radius 2 is 2.22 bits per heavy atom. The normalized spacial score (nSPS) is 23.4. The van der Waals surface area contributed by atoms with Crippen molar-refractivity contribution in [2.75, 3.05) is 11.4 Å². The van der Waals surface area contributed by atoms with Gasteiger partial charge >= 0.3 is 0 Å². The SMILES string of the molecule is C[C@@H]1CCN(c2ccccc2[N+](=O)[O-])[C@@H](C#N)C1. The zero-order valence-corrected chi connectivity index (χ0v) is 10.2. The average molecular weight is 245 g/mol. The van der Waals surface area contributed by atoms with Gasteiger partial charge in [0.15, 0.2) is 0 Å². The van der Waals surface area contributed by atoms with E-state index in [0.29, 0.717) is 18.2 Å². The van der Waals surface area contributed by atoms with Crippen molar-refractivity contribution in [3.8, 4) is 6.07 Å². The van der Waals surface area contributed by atoms with E-state index in [-0.39, 0.29) is 16.7 Å². The molecule has 0 bridgehead atoms. The minimum Gasteiger partial charge on any atom is -0.350 e. The van der Waals surface area contributed by atoms with Gasteiger partial charge in [-0.05, 0) is 24.8 Å². The highest BCUT2D eigenvalue weighted by Crippen LogP contribution is 2.33. The molecule has 2 rings (SSSR count). The third-order valence-electron chi connectivity index (χ3n) is 3.40. The highest BCUT2D eigenvalue weighted by atomic mass is 16.6. The van der Waals surface area contributed by atoms with E-state index in [1.54, 1.807) is 18.2 Å². The maximum atomic E-state index is 11.0. The molecular formula is C13H15N3O2. The van der Waals surface area contributed by atoms with E-state index in [1.807, 2.05) is 4.90 Å². The molecule has 1 saturated heterocycles. The lowest BCUT2D eigenvalue weighted by Gasteiger charge is -2.35. The molecule has 1 aliphatic heterocycles. The first kappa shape index (κ1) is 12.4. The van der Waals surface area contributed by atoms with E-state index < -0.39 is 0 Å². The fourth-order valence-electron chi connectivity index (χ4n) is 2.41. The van der Waals surface area contributed by atoms with Gasteiger partial charge in [-0.25, -0.2) is 0 Å². The number of nitro benzene ring substituents is 1. The van der Waals surface area contributed by atoms with Crippen molar-refractivity contribution in [2.45, 2.75) is 25.8 Å². The van der Waals surface area contributed by atoms with Crippen molar-refractivity contribution < 1.29 is 4.92 Å². The molecular weight excluding hydrogens is 230 g/mol. The van der Waals surface area contributed by atoms with Gasteiger partial charge in [0.05, 0.1) is 11.0 Å². The molecule has 1 aromatic rings. The lowest BCUT2D eigenvalue weighted by molar-refractivity contribution is -0.384. The number of hydrogen-bond donors (Lipinski definition) is 0. The molecule has 0 N–H and O–H groups in total. The first-order valence-corrected chi connectivity index (χ1v) is 6.03. The van der Waals surface area contributed by atoms with E-state index in [1.165, 1.54) is 6.07 Å². The van der Waals surface area contributed by atoms with E-state index in [4.69, 9.17) is 0 Å². The fraction of sp³-hybridized carbons (Fsp3) is 0.462. The number of para-hydroxylation sites is 2. The molecule has 0 saturated carbocycles. The molecule has 0 amide bonds. The third-order valence-corrected chi connectivity index (χ3v) is 3.40. The molecule has 1 aromatic carbocycles. The number of anilines is 1. The first-order chi connectivity index (χ1) is 8.63. The fourth-order valence-corrected chi connectivity index (χ4v) is 2.41. The largest absolute Gasteiger partial charge is 0.350 e. The zero-order valence-electron chi connectivity index (χ0n) is 10.2. The Bertz CT molecular complexity index is 495. The van der Waals surface area contributed by atoms with Crippen molar-refractivity contribution in [1.29, 1.82) is 5.26 Å². The summed E-state index contributed by atoms with van der Waals surface area (Å²) >= 11 is 0. The number of nitrogens with zero attached hydrogens (tertiary/aromatic N) is 3. The van der Waals surface area contributed by atoms with Crippen LogP contribution in [0.4, 0.5) is 11.4 Å². The van der Waals surface area contributed by atoms with Crippen LogP contribution in [0.2, 0.25) is 0 Å². The van der Waals surface area contributed by atoms with Crippen LogP contribution in [0.5, 0.6) is 0 Å². The zero-order chi connectivity index (χ0) is 13.1. The standard InChI is InChI=1S/C13H15N3O2/c1-10-6-7-15(11(8-10)9-14)12-4-2-3-5-13(12)16(17)18/h2-5,10-11H,6-8H2,1H3/t10-,11-/m1/s1. The summed E-state index contributed by atoms with van der Waals surface area (Å²) in [5.74, 6) is 0.494. The molecule has 0 spiro atoms. The molecule has 2 atom stereocenters. The molecule has 5 heteroatoms. The van der Waals surface area contributed by atoms with E-state index in [9.17, 15) is 15.4 Å². The Kier molecular flexibility index (Phi) is 3.47. The monoisotopic (exact) mass is 245 g/mol. The molecule has 1 aliphatic rings. The topological polar surface area (TPSA) is 70.2 Å². The maximum absolute atomic E-state index is 11.0. The van der Waals surface area contributed by atoms with E-state index >= 15 is 0 Å². The third kappa shape index (κ3) is 2.28. The minimum absolute atomic E-state index is 0.0762. The maximum Gasteiger partial charge on any atom is 0.292 e. The number of rotatable bonds is 2. The van der Waals surface area contributed by atoms with Gasteiger partial charge in [-0.2, -0.15) is 5.26 Å². The van der Waals surface area contributed by atoms with Crippen LogP contribution in [-0.4, -0.2) is 17.5 Å². The summed E-state index contributed by atoms with van der Waals surface area (Å²) in [6.07, 6.45) is 1.73. The quantitative estimate of drug-likeness (QED) is 0.593. The van der Waals surface area contributed by atoms with Crippen LogP contribution in [-0.2, 0) is 0 Å². The van der Waals surface area contributed by atoms with Crippen molar-refractivity contribution in [3.63, 3.8) is 0 Å². The number of piperidine rings is 1. The van der Waals surface area contributed by atoms with Gasteiger partial charge in [0.1, 0.15) is 11.7 Å². The van der Waals surface area contributed by atoms with Crippen molar-refractivity contribution in [2.24, 2.45) is 5.92 Å². The van der Waals surface area contributed by atoms with Crippen molar-refractivity contribution in [3.05, 3.63) is 34.4 Å². The van der Waals surface area contributed by atoms with Crippen LogP contribution in [0.15, 0.2) is 24.3 Å². The second kappa shape index (κ2) is 5.05. The highest BCUT2D eigenvalue weighted by Gasteiger charge is 2.30. The molecule has 94 valence electrons. The molecule has 0 aliphatic carbocycles. The van der Waals surface area contributed by atoms with Gasteiger partial charge in [-0.3, -0.25) is 10.1 Å². The average Bonchev–Trinajstić information content (AvgIpc) is 2.38. The molecule has 18 heavy (non-hydrogen) atoms. The molecule has 0 unspecified atom stereocenters. The van der Waals surface area contributed by atoms with Crippen LogP contribution < -0.4 is 4.90 Å². The van der Waals surface area contributed by atoms with Gasteiger partial charge in [-0.15, -0.1) is 0 Å². The van der Waals surface area contributed by atoms with Gasteiger partial charge < -0.3 is 4.90 Å². The Balaban J connectivity index is 2.36. The lowest BCUT2D eigenvalue weighted by atomic mass is 9.92. The second-order valence-electron chi connectivity index (χ2n) is 4.71. The number of benzene rings is 1. The highest BCUT2D eigenvalue weighted by molar-refractivity contribution is 5.64. The van der Waals surface area contributed by atoms with E-state index in [0.717, 1.165) is 12.8 Å². The number of hydrogen-bond acceptors (Lipinski definition) is 4. The second-order valence-corrected chi connectivity index (χ2v) is 4.71. The van der Waals surface area contributed by atoms with Crippen LogP contribution >= 0.6 is 0 Å². The summed E-state index contributed by atoms with van der Waals surface area (Å²) in [5.41, 5.74) is 0.633. The number of nitro groups is 1. The molecule has 1 heterocycles. The number of nitriles is 1. The van der Waals surface area contributed by atoms with Gasteiger partial charge in [-0.1, -0.05) is 19.1 Å². The Morgan fingerprint density at radius 3 is 2.89 bits per heavy atom. The predicted molar refractivity (Wildman–Crippen MR) is 68.2 cm³/mol.